The van der Waals surface area contributed by atoms with Crippen molar-refractivity contribution < 1.29 is 14.3 Å². The first-order chi connectivity index (χ1) is 15.0. The van der Waals surface area contributed by atoms with Gasteiger partial charge in [0.25, 0.3) is 0 Å². The van der Waals surface area contributed by atoms with E-state index in [9.17, 15) is 9.59 Å². The first kappa shape index (κ1) is 22.8. The van der Waals surface area contributed by atoms with Crippen LogP contribution in [0.4, 0.5) is 5.69 Å². The Morgan fingerprint density at radius 1 is 1.03 bits per heavy atom. The van der Waals surface area contributed by atoms with Gasteiger partial charge in [-0.05, 0) is 49.1 Å². The number of amides is 2. The largest absolute Gasteiger partial charge is 0.494 e. The molecule has 2 amide bonds. The molecular formula is C25H33N3O3. The second-order valence-electron chi connectivity index (χ2n) is 7.98. The van der Waals surface area contributed by atoms with E-state index in [-0.39, 0.29) is 11.8 Å². The van der Waals surface area contributed by atoms with Crippen LogP contribution in [0.2, 0.25) is 0 Å². The van der Waals surface area contributed by atoms with Gasteiger partial charge in [-0.15, -0.1) is 0 Å². The summed E-state index contributed by atoms with van der Waals surface area (Å²) in [6.45, 7) is 7.76. The molecule has 6 heteroatoms. The van der Waals surface area contributed by atoms with Crippen molar-refractivity contribution in [3.05, 3.63) is 59.7 Å². The lowest BCUT2D eigenvalue weighted by atomic mass is 10.1. The van der Waals surface area contributed by atoms with E-state index in [0.717, 1.165) is 29.0 Å². The summed E-state index contributed by atoms with van der Waals surface area (Å²) in [6.07, 6.45) is 2.07. The van der Waals surface area contributed by atoms with Crippen molar-refractivity contribution in [3.8, 4) is 5.75 Å². The summed E-state index contributed by atoms with van der Waals surface area (Å²) < 4.78 is 5.73. The van der Waals surface area contributed by atoms with Crippen molar-refractivity contribution in [2.45, 2.75) is 33.1 Å². The van der Waals surface area contributed by atoms with E-state index in [1.54, 1.807) is 0 Å². The maximum absolute atomic E-state index is 12.5. The fourth-order valence-corrected chi connectivity index (χ4v) is 3.78. The number of anilines is 1. The first-order valence-corrected chi connectivity index (χ1v) is 11.1. The van der Waals surface area contributed by atoms with Crippen molar-refractivity contribution in [2.24, 2.45) is 0 Å². The lowest BCUT2D eigenvalue weighted by Gasteiger charge is -2.34. The van der Waals surface area contributed by atoms with Gasteiger partial charge >= 0.3 is 0 Å². The van der Waals surface area contributed by atoms with E-state index in [1.807, 2.05) is 60.4 Å². The molecular weight excluding hydrogens is 390 g/mol. The molecule has 0 unspecified atom stereocenters. The molecule has 0 radical (unpaired) electrons. The summed E-state index contributed by atoms with van der Waals surface area (Å²) in [5.74, 6) is 1.00. The standard InChI is InChI=1S/C25H33N3O3/c1-3-21-9-4-5-11-23(21)26-24(29)19-27-13-15-28(16-14-27)25(30)12-7-17-31-22-10-6-8-20(2)18-22/h4-6,8-11,18H,3,7,12-17,19H2,1-2H3,(H,26,29). The van der Waals surface area contributed by atoms with Gasteiger partial charge in [-0.25, -0.2) is 0 Å². The van der Waals surface area contributed by atoms with E-state index in [2.05, 4.69) is 17.1 Å². The predicted molar refractivity (Wildman–Crippen MR) is 123 cm³/mol. The van der Waals surface area contributed by atoms with Crippen LogP contribution < -0.4 is 10.1 Å². The van der Waals surface area contributed by atoms with Crippen LogP contribution in [0.25, 0.3) is 0 Å². The van der Waals surface area contributed by atoms with Crippen molar-refractivity contribution in [3.63, 3.8) is 0 Å². The van der Waals surface area contributed by atoms with Crippen LogP contribution in [0, 0.1) is 6.92 Å². The van der Waals surface area contributed by atoms with Crippen LogP contribution in [-0.4, -0.2) is 60.9 Å². The lowest BCUT2D eigenvalue weighted by Crippen LogP contribution is -2.50. The number of para-hydroxylation sites is 1. The Balaban J connectivity index is 1.34. The van der Waals surface area contributed by atoms with Crippen LogP contribution in [0.5, 0.6) is 5.75 Å². The van der Waals surface area contributed by atoms with E-state index < -0.39 is 0 Å². The SMILES string of the molecule is CCc1ccccc1NC(=O)CN1CCN(C(=O)CCCOc2cccc(C)c2)CC1. The zero-order valence-electron chi connectivity index (χ0n) is 18.6. The molecule has 1 fully saturated rings. The van der Waals surface area contributed by atoms with Gasteiger partial charge in [0.1, 0.15) is 5.75 Å². The number of benzene rings is 2. The Kier molecular flexibility index (Phi) is 8.47. The molecule has 1 aliphatic heterocycles. The number of aryl methyl sites for hydroxylation is 2. The van der Waals surface area contributed by atoms with Gasteiger partial charge < -0.3 is 15.0 Å². The molecule has 1 aliphatic rings. The van der Waals surface area contributed by atoms with Crippen LogP contribution >= 0.6 is 0 Å². The molecule has 0 bridgehead atoms. The molecule has 166 valence electrons. The number of carbonyl (C=O) groups excluding carboxylic acids is 2. The number of nitrogens with one attached hydrogen (secondary N) is 1. The zero-order chi connectivity index (χ0) is 22.1. The van der Waals surface area contributed by atoms with Gasteiger partial charge in [0.05, 0.1) is 13.2 Å². The third-order valence-electron chi connectivity index (χ3n) is 5.56. The molecule has 0 atom stereocenters. The molecule has 31 heavy (non-hydrogen) atoms. The fraction of sp³-hybridized carbons (Fsp3) is 0.440. The molecule has 2 aromatic carbocycles. The maximum atomic E-state index is 12.5. The van der Waals surface area contributed by atoms with Gasteiger partial charge in [-0.3, -0.25) is 14.5 Å². The summed E-state index contributed by atoms with van der Waals surface area (Å²) >= 11 is 0. The molecule has 2 aromatic rings. The Bertz CT molecular complexity index is 876. The van der Waals surface area contributed by atoms with Crippen molar-refractivity contribution in [2.75, 3.05) is 44.6 Å². The predicted octanol–water partition coefficient (Wildman–Crippen LogP) is 3.50. The van der Waals surface area contributed by atoms with Crippen LogP contribution in [-0.2, 0) is 16.0 Å². The molecule has 0 spiro atoms. The zero-order valence-corrected chi connectivity index (χ0v) is 18.6. The maximum Gasteiger partial charge on any atom is 0.238 e. The van der Waals surface area contributed by atoms with Gasteiger partial charge in [0.2, 0.25) is 11.8 Å². The van der Waals surface area contributed by atoms with Gasteiger partial charge in [-0.2, -0.15) is 0 Å². The number of carbonyl (C=O) groups is 2. The van der Waals surface area contributed by atoms with Crippen molar-refractivity contribution in [1.29, 1.82) is 0 Å². The average Bonchev–Trinajstić information content (AvgIpc) is 2.77. The molecule has 0 aromatic heterocycles. The summed E-state index contributed by atoms with van der Waals surface area (Å²) in [4.78, 5) is 28.9. The second-order valence-corrected chi connectivity index (χ2v) is 7.98. The minimum absolute atomic E-state index is 0.00558. The fourth-order valence-electron chi connectivity index (χ4n) is 3.78. The number of piperazine rings is 1. The Morgan fingerprint density at radius 3 is 2.55 bits per heavy atom. The molecule has 1 N–H and O–H groups in total. The Hall–Kier alpha value is -2.86. The molecule has 3 rings (SSSR count). The highest BCUT2D eigenvalue weighted by Gasteiger charge is 2.22. The number of rotatable bonds is 9. The highest BCUT2D eigenvalue weighted by Crippen LogP contribution is 2.16. The normalized spacial score (nSPS) is 14.3. The summed E-state index contributed by atoms with van der Waals surface area (Å²) in [6, 6.07) is 15.8. The highest BCUT2D eigenvalue weighted by molar-refractivity contribution is 5.93. The molecule has 6 nitrogen and oxygen atoms in total. The third-order valence-corrected chi connectivity index (χ3v) is 5.56. The minimum atomic E-state index is -0.00558. The highest BCUT2D eigenvalue weighted by atomic mass is 16.5. The minimum Gasteiger partial charge on any atom is -0.494 e. The Labute approximate surface area is 185 Å². The van der Waals surface area contributed by atoms with E-state index in [0.29, 0.717) is 52.2 Å². The van der Waals surface area contributed by atoms with E-state index in [4.69, 9.17) is 4.74 Å². The summed E-state index contributed by atoms with van der Waals surface area (Å²) in [5.41, 5.74) is 3.18. The second kappa shape index (κ2) is 11.5. The molecule has 0 saturated carbocycles. The number of ether oxygens (including phenoxy) is 1. The molecule has 1 heterocycles. The van der Waals surface area contributed by atoms with Gasteiger partial charge in [-0.1, -0.05) is 37.3 Å². The quantitative estimate of drug-likeness (QED) is 0.627. The molecule has 1 saturated heterocycles. The van der Waals surface area contributed by atoms with Crippen molar-refractivity contribution >= 4 is 17.5 Å². The molecule has 0 aliphatic carbocycles. The summed E-state index contributed by atoms with van der Waals surface area (Å²) in [5, 5.41) is 3.02. The van der Waals surface area contributed by atoms with Gasteiger partial charge in [0.15, 0.2) is 0 Å². The van der Waals surface area contributed by atoms with Gasteiger partial charge in [0, 0.05) is 38.3 Å². The lowest BCUT2D eigenvalue weighted by molar-refractivity contribution is -0.133. The third kappa shape index (κ3) is 7.10. The number of hydrogen-bond donors (Lipinski definition) is 1. The summed E-state index contributed by atoms with van der Waals surface area (Å²) in [7, 11) is 0. The topological polar surface area (TPSA) is 61.9 Å². The van der Waals surface area contributed by atoms with Crippen molar-refractivity contribution in [1.82, 2.24) is 9.80 Å². The van der Waals surface area contributed by atoms with E-state index in [1.165, 1.54) is 0 Å². The Morgan fingerprint density at radius 2 is 1.81 bits per heavy atom. The van der Waals surface area contributed by atoms with Crippen LogP contribution in [0.15, 0.2) is 48.5 Å². The smallest absolute Gasteiger partial charge is 0.238 e. The monoisotopic (exact) mass is 423 g/mol. The number of nitrogens with zero attached hydrogens (tertiary/aromatic N) is 2. The van der Waals surface area contributed by atoms with Crippen LogP contribution in [0.3, 0.4) is 0 Å². The van der Waals surface area contributed by atoms with E-state index >= 15 is 0 Å². The number of hydrogen-bond acceptors (Lipinski definition) is 4. The average molecular weight is 424 g/mol. The first-order valence-electron chi connectivity index (χ1n) is 11.1. The van der Waals surface area contributed by atoms with Crippen LogP contribution in [0.1, 0.15) is 30.9 Å².